The van der Waals surface area contributed by atoms with Gasteiger partial charge in [-0.05, 0) is 12.5 Å². The highest BCUT2D eigenvalue weighted by molar-refractivity contribution is 5.46. The van der Waals surface area contributed by atoms with Crippen molar-refractivity contribution in [1.82, 2.24) is 0 Å². The summed E-state index contributed by atoms with van der Waals surface area (Å²) in [6.07, 6.45) is 1.85. The molecule has 0 unspecified atom stereocenters. The van der Waals surface area contributed by atoms with Gasteiger partial charge in [-0.15, -0.1) is 0 Å². The molecule has 0 aromatic heterocycles. The van der Waals surface area contributed by atoms with E-state index in [1.54, 1.807) is 0 Å². The molecule has 0 heteroatoms. The molecule has 0 aliphatic carbocycles. The van der Waals surface area contributed by atoms with Crippen LogP contribution in [0.2, 0.25) is 0 Å². The maximum absolute atomic E-state index is 3.66. The van der Waals surface area contributed by atoms with Gasteiger partial charge in [-0.25, -0.2) is 0 Å². The molecule has 0 nitrogen and oxygen atoms in total. The van der Waals surface area contributed by atoms with Gasteiger partial charge in [-0.1, -0.05) is 56.3 Å². The third-order valence-electron chi connectivity index (χ3n) is 1.31. The van der Waals surface area contributed by atoms with Crippen LogP contribution in [0, 0.1) is 6.92 Å². The van der Waals surface area contributed by atoms with E-state index in [1.807, 2.05) is 19.9 Å². The predicted octanol–water partition coefficient (Wildman–Crippen LogP) is 3.91. The SMILES string of the molecule is C=Cc1ccc(C)cc1.CC.[HH]. The molecule has 1 aromatic carbocycles. The predicted molar refractivity (Wildman–Crippen MR) is 54.7 cm³/mol. The molecule has 0 N–H and O–H groups in total. The summed E-state index contributed by atoms with van der Waals surface area (Å²) in [5.74, 6) is 0. The van der Waals surface area contributed by atoms with Crippen LogP contribution in [-0.4, -0.2) is 0 Å². The van der Waals surface area contributed by atoms with Crippen molar-refractivity contribution in [2.75, 3.05) is 0 Å². The smallest absolute Gasteiger partial charge is 0 e. The molecule has 0 fully saturated rings. The number of aryl methyl sites for hydroxylation is 1. The van der Waals surface area contributed by atoms with Crippen molar-refractivity contribution in [3.8, 4) is 0 Å². The molecule has 0 aliphatic rings. The quantitative estimate of drug-likeness (QED) is 0.569. The Morgan fingerprint density at radius 1 is 1.18 bits per heavy atom. The Morgan fingerprint density at radius 2 is 1.64 bits per heavy atom. The molecule has 0 heterocycles. The minimum absolute atomic E-state index is 0. The molecule has 0 aliphatic heterocycles. The van der Waals surface area contributed by atoms with E-state index < -0.39 is 0 Å². The molecule has 0 bridgehead atoms. The van der Waals surface area contributed by atoms with Gasteiger partial charge in [0, 0.05) is 1.43 Å². The average molecular weight is 150 g/mol. The average Bonchev–Trinajstić information content (AvgIpc) is 2.10. The second-order valence-electron chi connectivity index (χ2n) is 2.11. The normalized spacial score (nSPS) is 7.91. The van der Waals surface area contributed by atoms with Gasteiger partial charge in [-0.3, -0.25) is 0 Å². The van der Waals surface area contributed by atoms with Crippen LogP contribution in [-0.2, 0) is 0 Å². The van der Waals surface area contributed by atoms with Crippen LogP contribution < -0.4 is 0 Å². The number of benzene rings is 1. The Morgan fingerprint density at radius 3 is 2.00 bits per heavy atom. The van der Waals surface area contributed by atoms with Gasteiger partial charge in [0.25, 0.3) is 0 Å². The molecular weight excluding hydrogens is 132 g/mol. The molecule has 1 rings (SSSR count). The summed E-state index contributed by atoms with van der Waals surface area (Å²) < 4.78 is 0. The summed E-state index contributed by atoms with van der Waals surface area (Å²) in [6.45, 7) is 9.74. The zero-order valence-corrected chi connectivity index (χ0v) is 7.59. The summed E-state index contributed by atoms with van der Waals surface area (Å²) >= 11 is 0. The van der Waals surface area contributed by atoms with Crippen molar-refractivity contribution in [2.24, 2.45) is 0 Å². The Kier molecular flexibility index (Phi) is 5.18. The van der Waals surface area contributed by atoms with E-state index in [1.165, 1.54) is 11.1 Å². The first kappa shape index (κ1) is 9.96. The summed E-state index contributed by atoms with van der Waals surface area (Å²) in [5.41, 5.74) is 2.47. The molecule has 62 valence electrons. The molecule has 0 amide bonds. The zero-order chi connectivity index (χ0) is 8.69. The Hall–Kier alpha value is -1.04. The van der Waals surface area contributed by atoms with Crippen molar-refractivity contribution in [3.63, 3.8) is 0 Å². The molecule has 1 aromatic rings. The van der Waals surface area contributed by atoms with Crippen LogP contribution in [0.4, 0.5) is 0 Å². The minimum atomic E-state index is 0. The van der Waals surface area contributed by atoms with Gasteiger partial charge in [0.05, 0.1) is 0 Å². The van der Waals surface area contributed by atoms with Gasteiger partial charge in [0.2, 0.25) is 0 Å². The largest absolute Gasteiger partial charge is 0.0985 e. The van der Waals surface area contributed by atoms with Crippen LogP contribution >= 0.6 is 0 Å². The lowest BCUT2D eigenvalue weighted by Crippen LogP contribution is -1.71. The van der Waals surface area contributed by atoms with Crippen molar-refractivity contribution >= 4 is 6.08 Å². The van der Waals surface area contributed by atoms with Crippen molar-refractivity contribution in [3.05, 3.63) is 42.0 Å². The van der Waals surface area contributed by atoms with E-state index in [2.05, 4.69) is 37.8 Å². The highest BCUT2D eigenvalue weighted by Gasteiger charge is 1.82. The first-order valence-corrected chi connectivity index (χ1v) is 4.02. The van der Waals surface area contributed by atoms with Crippen LogP contribution in [0.25, 0.3) is 6.08 Å². The summed E-state index contributed by atoms with van der Waals surface area (Å²) in [5, 5.41) is 0. The lowest BCUT2D eigenvalue weighted by molar-refractivity contribution is 1.46. The van der Waals surface area contributed by atoms with E-state index >= 15 is 0 Å². The van der Waals surface area contributed by atoms with E-state index in [0.29, 0.717) is 0 Å². The maximum Gasteiger partial charge on any atom is 0 e. The van der Waals surface area contributed by atoms with Gasteiger partial charge in [-0.2, -0.15) is 0 Å². The van der Waals surface area contributed by atoms with E-state index in [4.69, 9.17) is 0 Å². The van der Waals surface area contributed by atoms with E-state index in [9.17, 15) is 0 Å². The molecule has 0 saturated heterocycles. The Labute approximate surface area is 71.1 Å². The maximum atomic E-state index is 3.66. The highest BCUT2D eigenvalue weighted by Crippen LogP contribution is 2.02. The van der Waals surface area contributed by atoms with Gasteiger partial charge < -0.3 is 0 Å². The zero-order valence-electron chi connectivity index (χ0n) is 7.59. The van der Waals surface area contributed by atoms with E-state index in [0.717, 1.165) is 0 Å². The number of hydrogen-bond acceptors (Lipinski definition) is 0. The number of rotatable bonds is 1. The molecule has 0 radical (unpaired) electrons. The molecule has 11 heavy (non-hydrogen) atoms. The van der Waals surface area contributed by atoms with Gasteiger partial charge >= 0.3 is 0 Å². The Balaban J connectivity index is 0. The fraction of sp³-hybridized carbons (Fsp3) is 0.273. The summed E-state index contributed by atoms with van der Waals surface area (Å²) in [6, 6.07) is 8.28. The van der Waals surface area contributed by atoms with Crippen LogP contribution in [0.5, 0.6) is 0 Å². The Bertz CT molecular complexity index is 199. The number of hydrogen-bond donors (Lipinski definition) is 0. The second kappa shape index (κ2) is 5.72. The summed E-state index contributed by atoms with van der Waals surface area (Å²) in [4.78, 5) is 0. The van der Waals surface area contributed by atoms with E-state index in [-0.39, 0.29) is 1.43 Å². The third kappa shape index (κ3) is 3.61. The first-order chi connectivity index (χ1) is 5.33. The first-order valence-electron chi connectivity index (χ1n) is 4.02. The minimum Gasteiger partial charge on any atom is -0.0985 e. The van der Waals surface area contributed by atoms with Crippen LogP contribution in [0.1, 0.15) is 26.4 Å². The van der Waals surface area contributed by atoms with Crippen LogP contribution in [0.3, 0.4) is 0 Å². The van der Waals surface area contributed by atoms with Crippen molar-refractivity contribution < 1.29 is 1.43 Å². The fourth-order valence-corrected chi connectivity index (χ4v) is 0.703. The molecular formula is C11H18. The third-order valence-corrected chi connectivity index (χ3v) is 1.31. The van der Waals surface area contributed by atoms with Gasteiger partial charge in [0.15, 0.2) is 0 Å². The topological polar surface area (TPSA) is 0 Å². The van der Waals surface area contributed by atoms with Crippen LogP contribution in [0.15, 0.2) is 30.8 Å². The van der Waals surface area contributed by atoms with Gasteiger partial charge in [0.1, 0.15) is 0 Å². The standard InChI is InChI=1S/C9H10.C2H6.H2/c1-3-9-6-4-8(2)5-7-9;1-2;/h3-7H,1H2,2H3;1-2H3;1H. The lowest BCUT2D eigenvalue weighted by atomic mass is 10.2. The van der Waals surface area contributed by atoms with Crippen molar-refractivity contribution in [1.29, 1.82) is 0 Å². The monoisotopic (exact) mass is 150 g/mol. The van der Waals surface area contributed by atoms with Crippen molar-refractivity contribution in [2.45, 2.75) is 20.8 Å². The second-order valence-corrected chi connectivity index (χ2v) is 2.11. The summed E-state index contributed by atoms with van der Waals surface area (Å²) in [7, 11) is 0. The fourth-order valence-electron chi connectivity index (χ4n) is 0.703. The molecule has 0 saturated carbocycles. The molecule has 0 atom stereocenters. The highest BCUT2D eigenvalue weighted by atomic mass is 13.9. The molecule has 0 spiro atoms. The lowest BCUT2D eigenvalue weighted by Gasteiger charge is -1.91.